The summed E-state index contributed by atoms with van der Waals surface area (Å²) in [4.78, 5) is 9.87. The number of nitrogens with zero attached hydrogens (tertiary/aromatic N) is 3. The van der Waals surface area contributed by atoms with Gasteiger partial charge >= 0.3 is 0 Å². The Morgan fingerprint density at radius 1 is 1.20 bits per heavy atom. The van der Waals surface area contributed by atoms with Gasteiger partial charge in [0.2, 0.25) is 0 Å². The molecule has 0 unspecified atom stereocenters. The summed E-state index contributed by atoms with van der Waals surface area (Å²) in [5.41, 5.74) is 7.81. The van der Waals surface area contributed by atoms with Gasteiger partial charge in [-0.15, -0.1) is 0 Å². The Hall–Kier alpha value is -2.17. The molecule has 0 aliphatic rings. The highest BCUT2D eigenvalue weighted by Gasteiger charge is 2.18. The van der Waals surface area contributed by atoms with E-state index in [0.717, 1.165) is 5.56 Å². The van der Waals surface area contributed by atoms with Crippen LogP contribution in [0.1, 0.15) is 25.1 Å². The molecule has 1 heterocycles. The van der Waals surface area contributed by atoms with Crippen molar-refractivity contribution in [3.05, 3.63) is 47.7 Å². The molecule has 106 valence electrons. The van der Waals surface area contributed by atoms with E-state index in [1.807, 2.05) is 43.0 Å². The number of hydrogen-bond donors (Lipinski definition) is 1. The second kappa shape index (κ2) is 5.86. The van der Waals surface area contributed by atoms with Crippen LogP contribution >= 0.6 is 0 Å². The molecule has 4 nitrogen and oxygen atoms in total. The first kappa shape index (κ1) is 14.2. The predicted octanol–water partition coefficient (Wildman–Crippen LogP) is 2.92. The van der Waals surface area contributed by atoms with E-state index in [2.05, 4.69) is 9.97 Å². The van der Waals surface area contributed by atoms with Gasteiger partial charge in [-0.1, -0.05) is 12.1 Å². The van der Waals surface area contributed by atoms with Gasteiger partial charge in [0.15, 0.2) is 11.6 Å². The first-order valence-corrected chi connectivity index (χ1v) is 6.57. The Balaban J connectivity index is 2.32. The monoisotopic (exact) mass is 274 g/mol. The van der Waals surface area contributed by atoms with Crippen LogP contribution in [-0.2, 0) is 6.54 Å². The van der Waals surface area contributed by atoms with Gasteiger partial charge in [-0.3, -0.25) is 0 Å². The maximum Gasteiger partial charge on any atom is 0.186 e. The van der Waals surface area contributed by atoms with Gasteiger partial charge in [0, 0.05) is 18.3 Å². The van der Waals surface area contributed by atoms with Crippen LogP contribution in [0.3, 0.4) is 0 Å². The van der Waals surface area contributed by atoms with Crippen LogP contribution in [0.25, 0.3) is 0 Å². The van der Waals surface area contributed by atoms with Gasteiger partial charge in [-0.05, 0) is 38.5 Å². The van der Waals surface area contributed by atoms with Crippen LogP contribution < -0.4 is 10.6 Å². The smallest absolute Gasteiger partial charge is 0.186 e. The summed E-state index contributed by atoms with van der Waals surface area (Å²) in [5, 5.41) is 0. The summed E-state index contributed by atoms with van der Waals surface area (Å²) < 4.78 is 14.2. The number of anilines is 2. The first-order chi connectivity index (χ1) is 9.49. The number of nitrogen functional groups attached to an aromatic ring is 1. The lowest BCUT2D eigenvalue weighted by atomic mass is 10.1. The standard InChI is InChI=1S/C15H19FN4/c1-10(2)20(8-12-4-6-13(17)7-5-12)15-14(16)11(3)18-9-19-15/h4-7,9-10H,8,17H2,1-3H3. The molecule has 0 radical (unpaired) electrons. The van der Waals surface area contributed by atoms with Gasteiger partial charge in [0.25, 0.3) is 0 Å². The molecule has 0 atom stereocenters. The molecule has 0 spiro atoms. The molecule has 2 N–H and O–H groups in total. The van der Waals surface area contributed by atoms with Crippen molar-refractivity contribution in [3.63, 3.8) is 0 Å². The van der Waals surface area contributed by atoms with Crippen LogP contribution in [0.4, 0.5) is 15.9 Å². The van der Waals surface area contributed by atoms with Crippen LogP contribution in [0, 0.1) is 12.7 Å². The van der Waals surface area contributed by atoms with E-state index >= 15 is 0 Å². The Morgan fingerprint density at radius 2 is 1.85 bits per heavy atom. The van der Waals surface area contributed by atoms with Gasteiger partial charge in [0.1, 0.15) is 6.33 Å². The minimum Gasteiger partial charge on any atom is -0.399 e. The molecular weight excluding hydrogens is 255 g/mol. The molecule has 1 aromatic heterocycles. The quantitative estimate of drug-likeness (QED) is 0.871. The molecule has 0 aliphatic heterocycles. The molecule has 20 heavy (non-hydrogen) atoms. The normalized spacial score (nSPS) is 10.8. The molecule has 2 aromatic rings. The van der Waals surface area contributed by atoms with Gasteiger partial charge in [0.05, 0.1) is 5.69 Å². The molecule has 5 heteroatoms. The van der Waals surface area contributed by atoms with E-state index in [1.165, 1.54) is 6.33 Å². The third-order valence-electron chi connectivity index (χ3n) is 3.17. The van der Waals surface area contributed by atoms with Crippen molar-refractivity contribution < 1.29 is 4.39 Å². The number of aryl methyl sites for hydroxylation is 1. The van der Waals surface area contributed by atoms with E-state index in [-0.39, 0.29) is 11.9 Å². The van der Waals surface area contributed by atoms with E-state index in [9.17, 15) is 4.39 Å². The fraction of sp³-hybridized carbons (Fsp3) is 0.333. The lowest BCUT2D eigenvalue weighted by molar-refractivity contribution is 0.573. The van der Waals surface area contributed by atoms with E-state index < -0.39 is 0 Å². The lowest BCUT2D eigenvalue weighted by Crippen LogP contribution is -2.32. The van der Waals surface area contributed by atoms with E-state index in [0.29, 0.717) is 23.7 Å². The summed E-state index contributed by atoms with van der Waals surface area (Å²) in [6.45, 7) is 6.23. The molecule has 0 fully saturated rings. The molecule has 1 aromatic carbocycles. The Labute approximate surface area is 118 Å². The lowest BCUT2D eigenvalue weighted by Gasteiger charge is -2.28. The van der Waals surface area contributed by atoms with E-state index in [1.54, 1.807) is 6.92 Å². The van der Waals surface area contributed by atoms with Crippen molar-refractivity contribution in [2.45, 2.75) is 33.4 Å². The summed E-state index contributed by atoms with van der Waals surface area (Å²) in [6, 6.07) is 7.69. The maximum atomic E-state index is 14.2. The minimum atomic E-state index is -0.364. The molecule has 0 aliphatic carbocycles. The van der Waals surface area contributed by atoms with Gasteiger partial charge < -0.3 is 10.6 Å². The third-order valence-corrected chi connectivity index (χ3v) is 3.17. The zero-order chi connectivity index (χ0) is 14.7. The summed E-state index contributed by atoms with van der Waals surface area (Å²) in [7, 11) is 0. The van der Waals surface area contributed by atoms with Gasteiger partial charge in [-0.2, -0.15) is 0 Å². The number of nitrogens with two attached hydrogens (primary N) is 1. The van der Waals surface area contributed by atoms with Crippen molar-refractivity contribution in [2.75, 3.05) is 10.6 Å². The van der Waals surface area contributed by atoms with Crippen LogP contribution in [0.5, 0.6) is 0 Å². The van der Waals surface area contributed by atoms with Crippen LogP contribution in [0.15, 0.2) is 30.6 Å². The Kier molecular flexibility index (Phi) is 4.17. The largest absolute Gasteiger partial charge is 0.399 e. The summed E-state index contributed by atoms with van der Waals surface area (Å²) in [6.07, 6.45) is 1.39. The van der Waals surface area contributed by atoms with Crippen molar-refractivity contribution in [3.8, 4) is 0 Å². The summed E-state index contributed by atoms with van der Waals surface area (Å²) in [5.74, 6) is -0.0269. The average Bonchev–Trinajstić information content (AvgIpc) is 2.41. The molecule has 2 rings (SSSR count). The van der Waals surface area contributed by atoms with Gasteiger partial charge in [-0.25, -0.2) is 14.4 Å². The fourth-order valence-electron chi connectivity index (χ4n) is 1.97. The number of rotatable bonds is 4. The highest BCUT2D eigenvalue weighted by molar-refractivity contribution is 5.44. The molecule has 0 bridgehead atoms. The topological polar surface area (TPSA) is 55.0 Å². The van der Waals surface area contributed by atoms with Crippen LogP contribution in [0.2, 0.25) is 0 Å². The number of benzene rings is 1. The minimum absolute atomic E-state index is 0.122. The van der Waals surface area contributed by atoms with Crippen LogP contribution in [-0.4, -0.2) is 16.0 Å². The average molecular weight is 274 g/mol. The number of halogens is 1. The van der Waals surface area contributed by atoms with E-state index in [4.69, 9.17) is 5.73 Å². The Morgan fingerprint density at radius 3 is 2.45 bits per heavy atom. The molecule has 0 saturated carbocycles. The number of hydrogen-bond acceptors (Lipinski definition) is 4. The van der Waals surface area contributed by atoms with Crippen molar-refractivity contribution >= 4 is 11.5 Å². The predicted molar refractivity (Wildman–Crippen MR) is 78.9 cm³/mol. The summed E-state index contributed by atoms with van der Waals surface area (Å²) >= 11 is 0. The van der Waals surface area contributed by atoms with Crippen molar-refractivity contribution in [2.24, 2.45) is 0 Å². The molecule has 0 amide bonds. The second-order valence-corrected chi connectivity index (χ2v) is 5.06. The SMILES string of the molecule is Cc1ncnc(N(Cc2ccc(N)cc2)C(C)C)c1F. The highest BCUT2D eigenvalue weighted by Crippen LogP contribution is 2.22. The van der Waals surface area contributed by atoms with Crippen molar-refractivity contribution in [1.29, 1.82) is 0 Å². The number of aromatic nitrogens is 2. The first-order valence-electron chi connectivity index (χ1n) is 6.57. The molecule has 0 saturated heterocycles. The molecular formula is C15H19FN4. The third kappa shape index (κ3) is 3.04. The fourth-order valence-corrected chi connectivity index (χ4v) is 1.97. The highest BCUT2D eigenvalue weighted by atomic mass is 19.1. The maximum absolute atomic E-state index is 14.2. The zero-order valence-corrected chi connectivity index (χ0v) is 12.0. The zero-order valence-electron chi connectivity index (χ0n) is 12.0. The Bertz CT molecular complexity index is 581. The van der Waals surface area contributed by atoms with Crippen molar-refractivity contribution in [1.82, 2.24) is 9.97 Å². The second-order valence-electron chi connectivity index (χ2n) is 5.06.